The van der Waals surface area contributed by atoms with E-state index in [-0.39, 0.29) is 9.81 Å². The van der Waals surface area contributed by atoms with Crippen molar-refractivity contribution in [1.82, 2.24) is 10.6 Å². The molecule has 0 saturated carbocycles. The number of benzene rings is 1. The Hall–Kier alpha value is -2.10. The van der Waals surface area contributed by atoms with Crippen LogP contribution in [0, 0.1) is 0 Å². The van der Waals surface area contributed by atoms with E-state index in [0.29, 0.717) is 25.6 Å². The van der Waals surface area contributed by atoms with E-state index >= 15 is 0 Å². The molecule has 28 heavy (non-hydrogen) atoms. The first-order chi connectivity index (χ1) is 13.1. The molecule has 4 N–H and O–H groups in total. The van der Waals surface area contributed by atoms with Crippen molar-refractivity contribution in [3.05, 3.63) is 46.8 Å². The molecule has 1 aromatic heterocycles. The molecule has 1 heterocycles. The number of primary sulfonamides is 1. The average molecular weight is 425 g/mol. The van der Waals surface area contributed by atoms with Crippen LogP contribution in [0.4, 0.5) is 0 Å². The van der Waals surface area contributed by atoms with Crippen LogP contribution >= 0.6 is 11.3 Å². The summed E-state index contributed by atoms with van der Waals surface area (Å²) < 4.78 is 29.0. The lowest BCUT2D eigenvalue weighted by molar-refractivity contribution is 0.129. The van der Waals surface area contributed by atoms with Gasteiger partial charge >= 0.3 is 0 Å². The van der Waals surface area contributed by atoms with Crippen LogP contribution in [-0.2, 0) is 23.1 Å². The minimum Gasteiger partial charge on any atom is -0.488 e. The van der Waals surface area contributed by atoms with Crippen molar-refractivity contribution in [2.75, 3.05) is 6.54 Å². The SMILES string of the molecule is CCNC(=NCc1ccccc1OC(C)(C)C)NCc1ccc(S(N)(=O)=O)s1. The van der Waals surface area contributed by atoms with Gasteiger partial charge in [0.2, 0.25) is 10.0 Å². The van der Waals surface area contributed by atoms with Gasteiger partial charge in [-0.05, 0) is 45.9 Å². The van der Waals surface area contributed by atoms with Gasteiger partial charge in [0.25, 0.3) is 0 Å². The van der Waals surface area contributed by atoms with Crippen molar-refractivity contribution in [2.45, 2.75) is 50.6 Å². The van der Waals surface area contributed by atoms with Crippen LogP contribution < -0.4 is 20.5 Å². The number of nitrogens with zero attached hydrogens (tertiary/aromatic N) is 1. The zero-order valence-corrected chi connectivity index (χ0v) is 18.3. The maximum atomic E-state index is 11.4. The fourth-order valence-electron chi connectivity index (χ4n) is 2.35. The Morgan fingerprint density at radius 1 is 1.18 bits per heavy atom. The van der Waals surface area contributed by atoms with Gasteiger partial charge in [0.15, 0.2) is 5.96 Å². The monoisotopic (exact) mass is 424 g/mol. The second-order valence-electron chi connectivity index (χ2n) is 7.14. The van der Waals surface area contributed by atoms with E-state index in [1.54, 1.807) is 6.07 Å². The second-order valence-corrected chi connectivity index (χ2v) is 10.1. The molecule has 0 radical (unpaired) electrons. The standard InChI is InChI=1S/C19H28N4O3S2/c1-5-21-18(23-13-15-10-11-17(27-15)28(20,24)25)22-12-14-8-6-7-9-16(14)26-19(2,3)4/h6-11H,5,12-13H2,1-4H3,(H2,20,24,25)(H2,21,22,23). The molecule has 0 aliphatic heterocycles. The summed E-state index contributed by atoms with van der Waals surface area (Å²) in [5, 5.41) is 11.6. The fraction of sp³-hybridized carbons (Fsp3) is 0.421. The van der Waals surface area contributed by atoms with E-state index in [2.05, 4.69) is 15.6 Å². The number of para-hydroxylation sites is 1. The molecular weight excluding hydrogens is 396 g/mol. The summed E-state index contributed by atoms with van der Waals surface area (Å²) in [7, 11) is -3.67. The smallest absolute Gasteiger partial charge is 0.247 e. The lowest BCUT2D eigenvalue weighted by Gasteiger charge is -2.23. The van der Waals surface area contributed by atoms with Crippen molar-refractivity contribution >= 4 is 27.3 Å². The predicted molar refractivity (Wildman–Crippen MR) is 114 cm³/mol. The molecule has 7 nitrogen and oxygen atoms in total. The van der Waals surface area contributed by atoms with Crippen molar-refractivity contribution in [3.8, 4) is 5.75 Å². The molecule has 2 aromatic rings. The molecule has 0 saturated heterocycles. The van der Waals surface area contributed by atoms with Crippen molar-refractivity contribution in [1.29, 1.82) is 0 Å². The molecule has 0 amide bonds. The van der Waals surface area contributed by atoms with E-state index in [1.165, 1.54) is 6.07 Å². The Labute approximate surface area is 171 Å². The first kappa shape index (κ1) is 22.2. The van der Waals surface area contributed by atoms with Crippen LogP contribution in [-0.4, -0.2) is 26.5 Å². The van der Waals surface area contributed by atoms with Gasteiger partial charge in [-0.15, -0.1) is 11.3 Å². The summed E-state index contributed by atoms with van der Waals surface area (Å²) >= 11 is 1.14. The average Bonchev–Trinajstić information content (AvgIpc) is 3.06. The van der Waals surface area contributed by atoms with Crippen LogP contribution in [0.25, 0.3) is 0 Å². The molecular formula is C19H28N4O3S2. The van der Waals surface area contributed by atoms with Gasteiger partial charge in [0.1, 0.15) is 15.6 Å². The fourth-order valence-corrected chi connectivity index (χ4v) is 4.07. The summed E-state index contributed by atoms with van der Waals surface area (Å²) in [5.41, 5.74) is 0.699. The Kier molecular flexibility index (Phi) is 7.45. The number of hydrogen-bond acceptors (Lipinski definition) is 5. The number of aliphatic imine (C=N–C) groups is 1. The van der Waals surface area contributed by atoms with E-state index in [9.17, 15) is 8.42 Å². The molecule has 0 unspecified atom stereocenters. The number of ether oxygens (including phenoxy) is 1. The highest BCUT2D eigenvalue weighted by Gasteiger charge is 2.14. The van der Waals surface area contributed by atoms with Gasteiger partial charge in [0, 0.05) is 17.0 Å². The number of guanidine groups is 1. The van der Waals surface area contributed by atoms with Gasteiger partial charge in [-0.25, -0.2) is 18.5 Å². The molecule has 0 bridgehead atoms. The van der Waals surface area contributed by atoms with Crippen LogP contribution in [0.3, 0.4) is 0 Å². The van der Waals surface area contributed by atoms with Gasteiger partial charge in [-0.3, -0.25) is 0 Å². The van der Waals surface area contributed by atoms with E-state index in [4.69, 9.17) is 9.88 Å². The number of nitrogens with two attached hydrogens (primary N) is 1. The van der Waals surface area contributed by atoms with Crippen molar-refractivity contribution in [2.24, 2.45) is 10.1 Å². The quantitative estimate of drug-likeness (QED) is 0.468. The Balaban J connectivity index is 2.08. The lowest BCUT2D eigenvalue weighted by atomic mass is 10.1. The molecule has 0 spiro atoms. The minimum absolute atomic E-state index is 0.152. The highest BCUT2D eigenvalue weighted by atomic mass is 32.2. The molecule has 9 heteroatoms. The lowest BCUT2D eigenvalue weighted by Crippen LogP contribution is -2.36. The Morgan fingerprint density at radius 3 is 2.50 bits per heavy atom. The van der Waals surface area contributed by atoms with Crippen molar-refractivity contribution < 1.29 is 13.2 Å². The largest absolute Gasteiger partial charge is 0.488 e. The highest BCUT2D eigenvalue weighted by molar-refractivity contribution is 7.91. The normalized spacial score (nSPS) is 12.7. The Bertz CT molecular complexity index is 915. The first-order valence-corrected chi connectivity index (χ1v) is 11.4. The van der Waals surface area contributed by atoms with Gasteiger partial charge in [-0.2, -0.15) is 0 Å². The summed E-state index contributed by atoms with van der Waals surface area (Å²) in [4.78, 5) is 5.47. The van der Waals surface area contributed by atoms with Gasteiger partial charge in [0.05, 0.1) is 13.1 Å². The topological polar surface area (TPSA) is 106 Å². The van der Waals surface area contributed by atoms with Gasteiger partial charge < -0.3 is 15.4 Å². The predicted octanol–water partition coefficient (Wildman–Crippen LogP) is 2.83. The maximum absolute atomic E-state index is 11.4. The first-order valence-electron chi connectivity index (χ1n) is 8.99. The maximum Gasteiger partial charge on any atom is 0.247 e. The number of thiophene rings is 1. The third kappa shape index (κ3) is 7.14. The van der Waals surface area contributed by atoms with Crippen LogP contribution in [0.1, 0.15) is 38.1 Å². The summed E-state index contributed by atoms with van der Waals surface area (Å²) in [6.07, 6.45) is 0. The summed E-state index contributed by atoms with van der Waals surface area (Å²) in [6.45, 7) is 9.62. The van der Waals surface area contributed by atoms with E-state index in [1.807, 2.05) is 52.0 Å². The molecule has 154 valence electrons. The number of nitrogens with one attached hydrogen (secondary N) is 2. The summed E-state index contributed by atoms with van der Waals surface area (Å²) in [5.74, 6) is 1.45. The molecule has 2 rings (SSSR count). The zero-order chi connectivity index (χ0) is 20.8. The van der Waals surface area contributed by atoms with Gasteiger partial charge in [-0.1, -0.05) is 18.2 Å². The van der Waals surface area contributed by atoms with Crippen LogP contribution in [0.15, 0.2) is 45.6 Å². The van der Waals surface area contributed by atoms with Crippen LogP contribution in [0.5, 0.6) is 5.75 Å². The number of rotatable bonds is 7. The molecule has 0 aliphatic carbocycles. The number of sulfonamides is 1. The third-order valence-electron chi connectivity index (χ3n) is 3.49. The molecule has 0 aliphatic rings. The Morgan fingerprint density at radius 2 is 1.89 bits per heavy atom. The highest BCUT2D eigenvalue weighted by Crippen LogP contribution is 2.24. The van der Waals surface area contributed by atoms with E-state index < -0.39 is 10.0 Å². The zero-order valence-electron chi connectivity index (χ0n) is 16.7. The molecule has 0 fully saturated rings. The summed E-state index contributed by atoms with van der Waals surface area (Å²) in [6, 6.07) is 11.1. The second kappa shape index (κ2) is 9.40. The minimum atomic E-state index is -3.67. The van der Waals surface area contributed by atoms with E-state index in [0.717, 1.165) is 27.5 Å². The number of hydrogen-bond donors (Lipinski definition) is 3. The molecule has 0 atom stereocenters. The van der Waals surface area contributed by atoms with Crippen LogP contribution in [0.2, 0.25) is 0 Å². The molecule has 1 aromatic carbocycles. The third-order valence-corrected chi connectivity index (χ3v) is 6.01. The van der Waals surface area contributed by atoms with Crippen molar-refractivity contribution in [3.63, 3.8) is 0 Å².